The maximum absolute atomic E-state index is 12.0. The smallest absolute Gasteiger partial charge is 0.257 e. The lowest BCUT2D eigenvalue weighted by Crippen LogP contribution is -2.08. The zero-order valence-electron chi connectivity index (χ0n) is 10.1. The minimum absolute atomic E-state index is 0. The molecule has 19 heavy (non-hydrogen) atoms. The summed E-state index contributed by atoms with van der Waals surface area (Å²) < 4.78 is 0. The van der Waals surface area contributed by atoms with Gasteiger partial charge in [-0.15, -0.1) is 28.3 Å². The van der Waals surface area contributed by atoms with Crippen LogP contribution in [0.3, 0.4) is 0 Å². The van der Waals surface area contributed by atoms with Crippen LogP contribution in [-0.4, -0.2) is 17.0 Å². The highest BCUT2D eigenvalue weighted by molar-refractivity contribution is 8.93. The third-order valence-corrected chi connectivity index (χ3v) is 3.61. The largest absolute Gasteiger partial charge is 0.365 e. The molecule has 4 nitrogen and oxygen atoms in total. The second-order valence-corrected chi connectivity index (χ2v) is 4.75. The summed E-state index contributed by atoms with van der Waals surface area (Å²) in [5.74, 6) is 0. The lowest BCUT2D eigenvalue weighted by Gasteiger charge is -2.00. The molecule has 0 saturated carbocycles. The van der Waals surface area contributed by atoms with E-state index in [1.807, 2.05) is 42.8 Å². The monoisotopic (exact) mass is 337 g/mol. The van der Waals surface area contributed by atoms with Crippen molar-refractivity contribution in [1.29, 1.82) is 0 Å². The van der Waals surface area contributed by atoms with Gasteiger partial charge in [0.2, 0.25) is 0 Å². The lowest BCUT2D eigenvalue weighted by molar-refractivity contribution is 1.28. The van der Waals surface area contributed by atoms with Gasteiger partial charge in [-0.1, -0.05) is 18.2 Å². The number of aromatic amines is 1. The zero-order chi connectivity index (χ0) is 12.5. The molecule has 2 heterocycles. The van der Waals surface area contributed by atoms with Crippen LogP contribution in [0.15, 0.2) is 40.5 Å². The van der Waals surface area contributed by atoms with Gasteiger partial charge in [0.25, 0.3) is 5.56 Å². The van der Waals surface area contributed by atoms with Crippen molar-refractivity contribution in [2.24, 2.45) is 0 Å². The van der Waals surface area contributed by atoms with Crippen LogP contribution in [0.2, 0.25) is 0 Å². The van der Waals surface area contributed by atoms with E-state index in [0.29, 0.717) is 11.3 Å². The van der Waals surface area contributed by atoms with E-state index >= 15 is 0 Å². The number of H-pyrrole nitrogens is 1. The Morgan fingerprint density at radius 3 is 2.84 bits per heavy atom. The number of thiazole rings is 1. The normalized spacial score (nSPS) is 10.2. The topological polar surface area (TPSA) is 57.8 Å². The molecule has 0 aliphatic heterocycles. The van der Waals surface area contributed by atoms with Crippen LogP contribution in [0, 0.1) is 0 Å². The molecule has 6 heteroatoms. The molecule has 3 rings (SSSR count). The van der Waals surface area contributed by atoms with Crippen LogP contribution in [0.1, 0.15) is 0 Å². The van der Waals surface area contributed by atoms with Crippen LogP contribution in [0.4, 0.5) is 5.13 Å². The first-order valence-corrected chi connectivity index (χ1v) is 6.41. The van der Waals surface area contributed by atoms with Crippen molar-refractivity contribution in [3.63, 3.8) is 0 Å². The molecule has 0 fully saturated rings. The fourth-order valence-electron chi connectivity index (χ4n) is 1.85. The summed E-state index contributed by atoms with van der Waals surface area (Å²) >= 11 is 1.48. The maximum atomic E-state index is 12.0. The molecule has 98 valence electrons. The first-order valence-electron chi connectivity index (χ1n) is 5.53. The molecule has 2 aromatic heterocycles. The third kappa shape index (κ3) is 2.54. The van der Waals surface area contributed by atoms with Crippen molar-refractivity contribution >= 4 is 44.4 Å². The number of halogens is 1. The average molecular weight is 338 g/mol. The Labute approximate surface area is 124 Å². The fourth-order valence-corrected chi connectivity index (χ4v) is 2.52. The minimum Gasteiger partial charge on any atom is -0.365 e. The summed E-state index contributed by atoms with van der Waals surface area (Å²) in [6.45, 7) is 0. The molecular weight excluding hydrogens is 326 g/mol. The molecule has 0 aliphatic carbocycles. The van der Waals surface area contributed by atoms with Crippen LogP contribution < -0.4 is 10.9 Å². The summed E-state index contributed by atoms with van der Waals surface area (Å²) in [6, 6.07) is 9.59. The molecule has 0 spiro atoms. The maximum Gasteiger partial charge on any atom is 0.257 e. The molecule has 3 aromatic rings. The van der Waals surface area contributed by atoms with Crippen molar-refractivity contribution < 1.29 is 0 Å². The first kappa shape index (κ1) is 13.8. The number of nitrogens with one attached hydrogen (secondary N) is 2. The molecule has 0 aliphatic rings. The first-order chi connectivity index (χ1) is 8.78. The number of aromatic nitrogens is 2. The molecule has 1 aromatic carbocycles. The minimum atomic E-state index is -0.110. The van der Waals surface area contributed by atoms with Crippen molar-refractivity contribution in [3.8, 4) is 11.3 Å². The zero-order valence-corrected chi connectivity index (χ0v) is 12.7. The lowest BCUT2D eigenvalue weighted by atomic mass is 10.1. The van der Waals surface area contributed by atoms with Gasteiger partial charge >= 0.3 is 0 Å². The van der Waals surface area contributed by atoms with E-state index < -0.39 is 0 Å². The standard InChI is InChI=1S/C13H11N3OS.BrH/c1-14-13-16-11(7-18-13)9-6-8-4-2-3-5-10(8)15-12(9)17;/h2-7H,1H3,(H,14,16)(H,15,17);1H. The summed E-state index contributed by atoms with van der Waals surface area (Å²) in [4.78, 5) is 19.2. The number of pyridine rings is 1. The van der Waals surface area contributed by atoms with E-state index in [2.05, 4.69) is 15.3 Å². The van der Waals surface area contributed by atoms with Crippen molar-refractivity contribution in [2.75, 3.05) is 12.4 Å². The summed E-state index contributed by atoms with van der Waals surface area (Å²) in [5, 5.41) is 6.66. The Bertz CT molecular complexity index is 766. The van der Waals surface area contributed by atoms with Gasteiger partial charge in [-0.2, -0.15) is 0 Å². The van der Waals surface area contributed by atoms with E-state index in [1.54, 1.807) is 0 Å². The fraction of sp³-hybridized carbons (Fsp3) is 0.0769. The Morgan fingerprint density at radius 2 is 2.11 bits per heavy atom. The molecule has 0 amide bonds. The van der Waals surface area contributed by atoms with Gasteiger partial charge in [-0.25, -0.2) is 4.98 Å². The van der Waals surface area contributed by atoms with Crippen molar-refractivity contribution in [3.05, 3.63) is 46.1 Å². The number of benzene rings is 1. The summed E-state index contributed by atoms with van der Waals surface area (Å²) in [5.41, 5.74) is 2.04. The van der Waals surface area contributed by atoms with Gasteiger partial charge in [0.1, 0.15) is 0 Å². The summed E-state index contributed by atoms with van der Waals surface area (Å²) in [6.07, 6.45) is 0. The predicted octanol–water partition coefficient (Wildman–Crippen LogP) is 3.27. The molecule has 0 bridgehead atoms. The SMILES string of the molecule is Br.CNc1nc(-c2cc3ccccc3[nH]c2=O)cs1. The van der Waals surface area contributed by atoms with E-state index in [1.165, 1.54) is 11.3 Å². The van der Waals surface area contributed by atoms with Crippen LogP contribution in [-0.2, 0) is 0 Å². The van der Waals surface area contributed by atoms with E-state index in [-0.39, 0.29) is 22.5 Å². The van der Waals surface area contributed by atoms with Gasteiger partial charge in [-0.05, 0) is 17.5 Å². The number of rotatable bonds is 2. The second-order valence-electron chi connectivity index (χ2n) is 3.89. The highest BCUT2D eigenvalue weighted by Gasteiger charge is 2.08. The van der Waals surface area contributed by atoms with Gasteiger partial charge in [-0.3, -0.25) is 4.79 Å². The number of anilines is 1. The molecule has 0 atom stereocenters. The average Bonchev–Trinajstić information content (AvgIpc) is 2.86. The Hall–Kier alpha value is -1.66. The van der Waals surface area contributed by atoms with Gasteiger partial charge < -0.3 is 10.3 Å². The predicted molar refractivity (Wildman–Crippen MR) is 85.5 cm³/mol. The second kappa shape index (κ2) is 5.54. The Kier molecular flexibility index (Phi) is 4.01. The molecule has 0 unspecified atom stereocenters. The molecule has 2 N–H and O–H groups in total. The third-order valence-electron chi connectivity index (χ3n) is 2.75. The summed E-state index contributed by atoms with van der Waals surface area (Å²) in [7, 11) is 1.81. The van der Waals surface area contributed by atoms with Gasteiger partial charge in [0.15, 0.2) is 5.13 Å². The molecule has 0 saturated heterocycles. The van der Waals surface area contributed by atoms with Crippen molar-refractivity contribution in [2.45, 2.75) is 0 Å². The van der Waals surface area contributed by atoms with E-state index in [4.69, 9.17) is 0 Å². The van der Waals surface area contributed by atoms with Crippen LogP contribution in [0.25, 0.3) is 22.2 Å². The number of hydrogen-bond acceptors (Lipinski definition) is 4. The number of fused-ring (bicyclic) bond motifs is 1. The van der Waals surface area contributed by atoms with E-state index in [0.717, 1.165) is 16.0 Å². The number of hydrogen-bond donors (Lipinski definition) is 2. The van der Waals surface area contributed by atoms with Gasteiger partial charge in [0, 0.05) is 17.9 Å². The van der Waals surface area contributed by atoms with Crippen LogP contribution in [0.5, 0.6) is 0 Å². The number of nitrogens with zero attached hydrogens (tertiary/aromatic N) is 1. The van der Waals surface area contributed by atoms with Crippen molar-refractivity contribution in [1.82, 2.24) is 9.97 Å². The Balaban J connectivity index is 0.00000133. The highest BCUT2D eigenvalue weighted by Crippen LogP contribution is 2.23. The van der Waals surface area contributed by atoms with Gasteiger partial charge in [0.05, 0.1) is 11.3 Å². The Morgan fingerprint density at radius 1 is 1.32 bits per heavy atom. The highest BCUT2D eigenvalue weighted by atomic mass is 79.9. The molecule has 0 radical (unpaired) electrons. The number of para-hydroxylation sites is 1. The molecular formula is C13H12BrN3OS. The van der Waals surface area contributed by atoms with Crippen LogP contribution >= 0.6 is 28.3 Å². The van der Waals surface area contributed by atoms with E-state index in [9.17, 15) is 4.79 Å². The quantitative estimate of drug-likeness (QED) is 0.754.